The Morgan fingerprint density at radius 1 is 0.759 bits per heavy atom. The molecule has 148 valence electrons. The first-order chi connectivity index (χ1) is 13.2. The average molecular weight is 425 g/mol. The van der Waals surface area contributed by atoms with Gasteiger partial charge in [-0.15, -0.1) is 24.8 Å². The summed E-state index contributed by atoms with van der Waals surface area (Å²) in [4.78, 5) is 13.4. The highest BCUT2D eigenvalue weighted by molar-refractivity contribution is 5.85. The normalized spacial score (nSPS) is 22.8. The number of pyridine rings is 1. The second kappa shape index (κ2) is 8.07. The van der Waals surface area contributed by atoms with Gasteiger partial charge in [-0.05, 0) is 36.1 Å². The molecule has 2 aromatic carbocycles. The minimum atomic E-state index is -0.511. The van der Waals surface area contributed by atoms with Gasteiger partial charge in [-0.2, -0.15) is 0 Å². The number of hydrogen-bond acceptors (Lipinski definition) is 4. The van der Waals surface area contributed by atoms with Crippen molar-refractivity contribution in [2.45, 2.75) is 23.8 Å². The predicted molar refractivity (Wildman–Crippen MR) is 121 cm³/mol. The standard InChI is InChI=1S/C23H20N4.2ClH/c24-23(19-9-5-2-6-10-19)14-13-22(23,18-7-3-1-4-8-18)20-12-11-17-15-25-16-26-21(17)27-20;;/h1-12,15-16H,13-14,24H2;2*1H. The van der Waals surface area contributed by atoms with Gasteiger partial charge in [0, 0.05) is 11.6 Å². The van der Waals surface area contributed by atoms with Gasteiger partial charge < -0.3 is 5.73 Å². The van der Waals surface area contributed by atoms with Crippen molar-refractivity contribution >= 4 is 35.8 Å². The van der Waals surface area contributed by atoms with E-state index in [0.29, 0.717) is 5.65 Å². The lowest BCUT2D eigenvalue weighted by atomic mass is 9.48. The van der Waals surface area contributed by atoms with Gasteiger partial charge in [-0.1, -0.05) is 60.7 Å². The van der Waals surface area contributed by atoms with E-state index in [1.54, 1.807) is 12.5 Å². The van der Waals surface area contributed by atoms with Crippen LogP contribution >= 0.6 is 24.8 Å². The van der Waals surface area contributed by atoms with Crippen LogP contribution < -0.4 is 5.73 Å². The number of nitrogens with zero attached hydrogens (tertiary/aromatic N) is 3. The number of hydrogen-bond donors (Lipinski definition) is 1. The molecular formula is C23H22Cl2N4. The highest BCUT2D eigenvalue weighted by Gasteiger charge is 2.60. The van der Waals surface area contributed by atoms with Crippen molar-refractivity contribution in [1.82, 2.24) is 15.0 Å². The van der Waals surface area contributed by atoms with Crippen LogP contribution in [0.1, 0.15) is 29.7 Å². The molecule has 2 aromatic heterocycles. The van der Waals surface area contributed by atoms with Gasteiger partial charge in [0.15, 0.2) is 5.65 Å². The fraction of sp³-hybridized carbons (Fsp3) is 0.174. The molecule has 1 saturated carbocycles. The zero-order valence-electron chi connectivity index (χ0n) is 15.7. The molecule has 2 unspecified atom stereocenters. The molecule has 0 radical (unpaired) electrons. The molecule has 0 bridgehead atoms. The Balaban J connectivity index is 0.00000120. The average Bonchev–Trinajstić information content (AvgIpc) is 2.74. The van der Waals surface area contributed by atoms with E-state index in [9.17, 15) is 0 Å². The third-order valence-electron chi connectivity index (χ3n) is 6.01. The van der Waals surface area contributed by atoms with Crippen LogP contribution in [0.2, 0.25) is 0 Å². The van der Waals surface area contributed by atoms with Crippen LogP contribution in [0.4, 0.5) is 0 Å². The summed E-state index contributed by atoms with van der Waals surface area (Å²) in [5.41, 5.74) is 10.3. The third-order valence-corrected chi connectivity index (χ3v) is 6.01. The van der Waals surface area contributed by atoms with Gasteiger partial charge in [-0.25, -0.2) is 15.0 Å². The summed E-state index contributed by atoms with van der Waals surface area (Å²) in [5, 5.41) is 0.936. The van der Waals surface area contributed by atoms with Crippen LogP contribution in [-0.2, 0) is 11.0 Å². The molecule has 2 N–H and O–H groups in total. The minimum Gasteiger partial charge on any atom is -0.320 e. The van der Waals surface area contributed by atoms with E-state index in [1.165, 1.54) is 5.56 Å². The molecule has 29 heavy (non-hydrogen) atoms. The number of aromatic nitrogens is 3. The van der Waals surface area contributed by atoms with Gasteiger partial charge in [-0.3, -0.25) is 0 Å². The summed E-state index contributed by atoms with van der Waals surface area (Å²) in [6.45, 7) is 0. The molecule has 0 spiro atoms. The van der Waals surface area contributed by atoms with E-state index in [4.69, 9.17) is 10.7 Å². The predicted octanol–water partition coefficient (Wildman–Crippen LogP) is 4.80. The fourth-order valence-electron chi connectivity index (χ4n) is 4.50. The molecule has 1 fully saturated rings. The molecule has 1 aliphatic rings. The van der Waals surface area contributed by atoms with Crippen LogP contribution in [-0.4, -0.2) is 15.0 Å². The molecule has 6 heteroatoms. The van der Waals surface area contributed by atoms with E-state index >= 15 is 0 Å². The first-order valence-electron chi connectivity index (χ1n) is 9.21. The molecule has 4 aromatic rings. The van der Waals surface area contributed by atoms with Crippen LogP contribution in [0.25, 0.3) is 11.0 Å². The Labute approximate surface area is 182 Å². The lowest BCUT2D eigenvalue weighted by molar-refractivity contribution is 0.111. The first-order valence-corrected chi connectivity index (χ1v) is 9.21. The Morgan fingerprint density at radius 3 is 2.03 bits per heavy atom. The SMILES string of the molecule is Cl.Cl.NC1(c2ccccc2)CCC1(c1ccccc1)c1ccc2cncnc2n1. The van der Waals surface area contributed by atoms with Crippen molar-refractivity contribution in [2.75, 3.05) is 0 Å². The largest absolute Gasteiger partial charge is 0.320 e. The van der Waals surface area contributed by atoms with E-state index in [-0.39, 0.29) is 30.2 Å². The molecular weight excluding hydrogens is 403 g/mol. The monoisotopic (exact) mass is 424 g/mol. The molecule has 0 aliphatic heterocycles. The number of benzene rings is 2. The van der Waals surface area contributed by atoms with Gasteiger partial charge in [0.05, 0.1) is 16.6 Å². The van der Waals surface area contributed by atoms with E-state index in [1.807, 2.05) is 18.2 Å². The number of halogens is 2. The molecule has 0 saturated heterocycles. The third kappa shape index (κ3) is 3.08. The maximum absolute atomic E-state index is 7.14. The van der Waals surface area contributed by atoms with Crippen LogP contribution in [0.5, 0.6) is 0 Å². The maximum atomic E-state index is 7.14. The van der Waals surface area contributed by atoms with E-state index < -0.39 is 5.54 Å². The van der Waals surface area contributed by atoms with E-state index in [2.05, 4.69) is 64.6 Å². The summed E-state index contributed by atoms with van der Waals surface area (Å²) in [5.74, 6) is 0. The van der Waals surface area contributed by atoms with Gasteiger partial charge in [0.1, 0.15) is 6.33 Å². The summed E-state index contributed by atoms with van der Waals surface area (Å²) < 4.78 is 0. The van der Waals surface area contributed by atoms with Crippen molar-refractivity contribution < 1.29 is 0 Å². The molecule has 1 aliphatic carbocycles. The Hall–Kier alpha value is -2.53. The van der Waals surface area contributed by atoms with Gasteiger partial charge in [0.25, 0.3) is 0 Å². The second-order valence-electron chi connectivity index (χ2n) is 7.24. The fourth-order valence-corrected chi connectivity index (χ4v) is 4.50. The Bertz CT molecular complexity index is 1110. The van der Waals surface area contributed by atoms with Crippen molar-refractivity contribution in [2.24, 2.45) is 5.73 Å². The van der Waals surface area contributed by atoms with Crippen molar-refractivity contribution in [1.29, 1.82) is 0 Å². The summed E-state index contributed by atoms with van der Waals surface area (Å²) in [7, 11) is 0. The van der Waals surface area contributed by atoms with Crippen molar-refractivity contribution in [3.05, 3.63) is 102 Å². The molecule has 4 nitrogen and oxygen atoms in total. The highest BCUT2D eigenvalue weighted by atomic mass is 35.5. The topological polar surface area (TPSA) is 64.7 Å². The minimum absolute atomic E-state index is 0. The van der Waals surface area contributed by atoms with Crippen molar-refractivity contribution in [3.8, 4) is 0 Å². The quantitative estimate of drug-likeness (QED) is 0.512. The second-order valence-corrected chi connectivity index (χ2v) is 7.24. The van der Waals surface area contributed by atoms with Gasteiger partial charge >= 0.3 is 0 Å². The number of nitrogens with two attached hydrogens (primary N) is 1. The molecule has 2 heterocycles. The maximum Gasteiger partial charge on any atom is 0.162 e. The van der Waals surface area contributed by atoms with Crippen LogP contribution in [0.3, 0.4) is 0 Å². The van der Waals surface area contributed by atoms with Crippen LogP contribution in [0, 0.1) is 0 Å². The van der Waals surface area contributed by atoms with Crippen LogP contribution in [0.15, 0.2) is 85.3 Å². The summed E-state index contributed by atoms with van der Waals surface area (Å²) >= 11 is 0. The molecule has 5 rings (SSSR count). The zero-order valence-corrected chi connectivity index (χ0v) is 17.4. The Morgan fingerprint density at radius 2 is 1.41 bits per heavy atom. The lowest BCUT2D eigenvalue weighted by Gasteiger charge is -2.58. The summed E-state index contributed by atoms with van der Waals surface area (Å²) in [6.07, 6.45) is 5.20. The first kappa shape index (κ1) is 21.2. The zero-order chi connectivity index (χ0) is 18.3. The van der Waals surface area contributed by atoms with E-state index in [0.717, 1.165) is 29.5 Å². The smallest absolute Gasteiger partial charge is 0.162 e. The number of rotatable bonds is 3. The molecule has 2 atom stereocenters. The van der Waals surface area contributed by atoms with Gasteiger partial charge in [0.2, 0.25) is 0 Å². The highest BCUT2D eigenvalue weighted by Crippen LogP contribution is 2.59. The van der Waals surface area contributed by atoms with Crippen molar-refractivity contribution in [3.63, 3.8) is 0 Å². The Kier molecular flexibility index (Phi) is 5.90. The number of fused-ring (bicyclic) bond motifs is 1. The molecule has 0 amide bonds. The summed E-state index contributed by atoms with van der Waals surface area (Å²) in [6, 6.07) is 25.0. The lowest BCUT2D eigenvalue weighted by Crippen LogP contribution is -2.64.